The zero-order valence-corrected chi connectivity index (χ0v) is 10.7. The summed E-state index contributed by atoms with van der Waals surface area (Å²) in [6, 6.07) is 8.37. The molecule has 5 heteroatoms. The summed E-state index contributed by atoms with van der Waals surface area (Å²) in [5, 5.41) is 8.61. The molecule has 0 saturated heterocycles. The van der Waals surface area contributed by atoms with Crippen molar-refractivity contribution in [3.05, 3.63) is 58.9 Å². The van der Waals surface area contributed by atoms with E-state index in [4.69, 9.17) is 5.26 Å². The van der Waals surface area contributed by atoms with Gasteiger partial charge in [0.25, 0.3) is 0 Å². The molecule has 96 valence electrons. The Morgan fingerprint density at radius 2 is 1.68 bits per heavy atom. The number of rotatable bonds is 2. The first-order chi connectivity index (χ1) is 9.01. The number of aryl methyl sites for hydroxylation is 1. The summed E-state index contributed by atoms with van der Waals surface area (Å²) in [7, 11) is 0. The summed E-state index contributed by atoms with van der Waals surface area (Å²) in [6.45, 7) is 1.46. The van der Waals surface area contributed by atoms with Crippen molar-refractivity contribution in [2.24, 2.45) is 0 Å². The highest BCUT2D eigenvalue weighted by atomic mass is 32.2. The molecule has 0 spiro atoms. The average Bonchev–Trinajstić information content (AvgIpc) is 2.36. The van der Waals surface area contributed by atoms with Crippen LogP contribution >= 0.6 is 11.8 Å². The van der Waals surface area contributed by atoms with E-state index in [0.29, 0.717) is 9.79 Å². The maximum atomic E-state index is 13.4. The van der Waals surface area contributed by atoms with Crippen molar-refractivity contribution in [3.8, 4) is 6.07 Å². The summed E-state index contributed by atoms with van der Waals surface area (Å²) < 4.78 is 39.8. The van der Waals surface area contributed by atoms with Gasteiger partial charge in [0.15, 0.2) is 11.6 Å². The first kappa shape index (κ1) is 13.5. The molecule has 0 aliphatic rings. The molecule has 2 rings (SSSR count). The van der Waals surface area contributed by atoms with Gasteiger partial charge in [0.05, 0.1) is 5.56 Å². The van der Waals surface area contributed by atoms with E-state index in [1.54, 1.807) is 12.1 Å². The SMILES string of the molecule is Cc1cc(Sc2ccc(C#N)c(F)c2)cc(F)c1F. The second kappa shape index (κ2) is 5.37. The van der Waals surface area contributed by atoms with Gasteiger partial charge >= 0.3 is 0 Å². The van der Waals surface area contributed by atoms with Crippen LogP contribution < -0.4 is 0 Å². The fraction of sp³-hybridized carbons (Fsp3) is 0.0714. The highest BCUT2D eigenvalue weighted by Gasteiger charge is 2.09. The second-order valence-corrected chi connectivity index (χ2v) is 5.04. The van der Waals surface area contributed by atoms with Crippen LogP contribution in [0.25, 0.3) is 0 Å². The molecule has 0 aromatic heterocycles. The summed E-state index contributed by atoms with van der Waals surface area (Å²) in [5.74, 6) is -2.45. The lowest BCUT2D eigenvalue weighted by atomic mass is 10.2. The standard InChI is InChI=1S/C14H8F3NS/c1-8-4-11(6-13(16)14(8)17)19-10-3-2-9(7-18)12(15)5-10/h2-6H,1H3. The smallest absolute Gasteiger partial charge is 0.161 e. The molecule has 0 unspecified atom stereocenters. The first-order valence-electron chi connectivity index (χ1n) is 5.34. The molecule has 0 amide bonds. The van der Waals surface area contributed by atoms with Gasteiger partial charge in [-0.15, -0.1) is 0 Å². The van der Waals surface area contributed by atoms with Crippen molar-refractivity contribution in [1.82, 2.24) is 0 Å². The van der Waals surface area contributed by atoms with Gasteiger partial charge in [-0.25, -0.2) is 13.2 Å². The molecular formula is C14H8F3NS. The van der Waals surface area contributed by atoms with Gasteiger partial charge in [0, 0.05) is 9.79 Å². The molecule has 0 aliphatic carbocycles. The zero-order valence-electron chi connectivity index (χ0n) is 9.88. The summed E-state index contributed by atoms with van der Waals surface area (Å²) in [4.78, 5) is 0.988. The molecule has 0 saturated carbocycles. The summed E-state index contributed by atoms with van der Waals surface area (Å²) in [5.41, 5.74) is 0.141. The Bertz CT molecular complexity index is 654. The number of hydrogen-bond donors (Lipinski definition) is 0. The molecule has 0 radical (unpaired) electrons. The molecule has 0 bridgehead atoms. The average molecular weight is 279 g/mol. The maximum Gasteiger partial charge on any atom is 0.161 e. The monoisotopic (exact) mass is 279 g/mol. The first-order valence-corrected chi connectivity index (χ1v) is 6.16. The Kier molecular flexibility index (Phi) is 3.82. The van der Waals surface area contributed by atoms with Crippen LogP contribution in [-0.2, 0) is 0 Å². The highest BCUT2D eigenvalue weighted by molar-refractivity contribution is 7.99. The molecule has 0 fully saturated rings. The molecule has 19 heavy (non-hydrogen) atoms. The second-order valence-electron chi connectivity index (χ2n) is 3.89. The minimum Gasteiger partial charge on any atom is -0.206 e. The van der Waals surface area contributed by atoms with Gasteiger partial charge in [0.2, 0.25) is 0 Å². The minimum atomic E-state index is -0.934. The predicted molar refractivity (Wildman–Crippen MR) is 66.3 cm³/mol. The van der Waals surface area contributed by atoms with Gasteiger partial charge < -0.3 is 0 Å². The molecule has 0 atom stereocenters. The Balaban J connectivity index is 2.32. The van der Waals surface area contributed by atoms with Crippen molar-refractivity contribution >= 4 is 11.8 Å². The minimum absolute atomic E-state index is 0.0502. The van der Waals surface area contributed by atoms with Crippen molar-refractivity contribution in [1.29, 1.82) is 5.26 Å². The van der Waals surface area contributed by atoms with Gasteiger partial charge in [-0.3, -0.25) is 0 Å². The predicted octanol–water partition coefficient (Wildman–Crippen LogP) is 4.44. The molecular weight excluding hydrogens is 271 g/mol. The van der Waals surface area contributed by atoms with Crippen LogP contribution in [0.2, 0.25) is 0 Å². The molecule has 2 aromatic carbocycles. The Hall–Kier alpha value is -1.93. The Labute approximate surface area is 112 Å². The van der Waals surface area contributed by atoms with E-state index < -0.39 is 17.5 Å². The van der Waals surface area contributed by atoms with E-state index in [-0.39, 0.29) is 11.1 Å². The van der Waals surface area contributed by atoms with E-state index in [0.717, 1.165) is 17.8 Å². The van der Waals surface area contributed by atoms with Gasteiger partial charge in [-0.05, 0) is 42.8 Å². The third-order valence-electron chi connectivity index (χ3n) is 2.48. The van der Waals surface area contributed by atoms with E-state index in [2.05, 4.69) is 0 Å². The topological polar surface area (TPSA) is 23.8 Å². The van der Waals surface area contributed by atoms with Crippen LogP contribution in [0.3, 0.4) is 0 Å². The molecule has 0 heterocycles. The van der Waals surface area contributed by atoms with E-state index in [9.17, 15) is 13.2 Å². The van der Waals surface area contributed by atoms with Crippen LogP contribution in [0.15, 0.2) is 40.1 Å². The van der Waals surface area contributed by atoms with Gasteiger partial charge in [0.1, 0.15) is 11.9 Å². The van der Waals surface area contributed by atoms with Crippen molar-refractivity contribution in [3.63, 3.8) is 0 Å². The van der Waals surface area contributed by atoms with Crippen molar-refractivity contribution < 1.29 is 13.2 Å². The third kappa shape index (κ3) is 2.91. The van der Waals surface area contributed by atoms with E-state index in [1.807, 2.05) is 0 Å². The normalized spacial score (nSPS) is 10.3. The number of nitrogens with zero attached hydrogens (tertiary/aromatic N) is 1. The quantitative estimate of drug-likeness (QED) is 0.811. The van der Waals surface area contributed by atoms with E-state index >= 15 is 0 Å². The van der Waals surface area contributed by atoms with Crippen LogP contribution in [0.5, 0.6) is 0 Å². The summed E-state index contributed by atoms with van der Waals surface area (Å²) in [6.07, 6.45) is 0. The highest BCUT2D eigenvalue weighted by Crippen LogP contribution is 2.30. The molecule has 0 N–H and O–H groups in total. The van der Waals surface area contributed by atoms with Crippen LogP contribution in [0.4, 0.5) is 13.2 Å². The van der Waals surface area contributed by atoms with Crippen LogP contribution in [-0.4, -0.2) is 0 Å². The Morgan fingerprint density at radius 3 is 2.26 bits per heavy atom. The van der Waals surface area contributed by atoms with Crippen molar-refractivity contribution in [2.45, 2.75) is 16.7 Å². The van der Waals surface area contributed by atoms with Crippen molar-refractivity contribution in [2.75, 3.05) is 0 Å². The lowest BCUT2D eigenvalue weighted by Gasteiger charge is -2.05. The zero-order chi connectivity index (χ0) is 14.0. The van der Waals surface area contributed by atoms with E-state index in [1.165, 1.54) is 25.1 Å². The van der Waals surface area contributed by atoms with Crippen LogP contribution in [0.1, 0.15) is 11.1 Å². The summed E-state index contributed by atoms with van der Waals surface area (Å²) >= 11 is 1.10. The number of nitriles is 1. The fourth-order valence-electron chi connectivity index (χ4n) is 1.54. The van der Waals surface area contributed by atoms with Crippen LogP contribution in [0, 0.1) is 35.7 Å². The number of benzene rings is 2. The lowest BCUT2D eigenvalue weighted by Crippen LogP contribution is -1.90. The molecule has 1 nitrogen and oxygen atoms in total. The number of halogens is 3. The maximum absolute atomic E-state index is 13.4. The third-order valence-corrected chi connectivity index (χ3v) is 3.44. The molecule has 0 aliphatic heterocycles. The largest absolute Gasteiger partial charge is 0.206 e. The van der Waals surface area contributed by atoms with Gasteiger partial charge in [-0.2, -0.15) is 5.26 Å². The van der Waals surface area contributed by atoms with Gasteiger partial charge in [-0.1, -0.05) is 11.8 Å². The number of hydrogen-bond acceptors (Lipinski definition) is 2. The fourth-order valence-corrected chi connectivity index (χ4v) is 2.51. The lowest BCUT2D eigenvalue weighted by molar-refractivity contribution is 0.500. The molecule has 2 aromatic rings. The Morgan fingerprint density at radius 1 is 1.00 bits per heavy atom.